The molecule has 0 fully saturated rings. The minimum absolute atomic E-state index is 0.292. The molecule has 9 N–H and O–H groups in total. The Morgan fingerprint density at radius 2 is 1.44 bits per heavy atom. The number of hydrogen-bond donors (Lipinski definition) is 6. The molecule has 10 heteroatoms. The summed E-state index contributed by atoms with van der Waals surface area (Å²) in [6.45, 7) is 1.00. The van der Waals surface area contributed by atoms with Gasteiger partial charge in [0.1, 0.15) is 12.1 Å². The Labute approximate surface area is 165 Å². The highest BCUT2D eigenvalue weighted by atomic mass is 32.2. The van der Waals surface area contributed by atoms with E-state index in [1.165, 1.54) is 11.8 Å². The van der Waals surface area contributed by atoms with Crippen LogP contribution in [-0.4, -0.2) is 66.1 Å². The highest BCUT2D eigenvalue weighted by Crippen LogP contribution is 2.06. The summed E-state index contributed by atoms with van der Waals surface area (Å²) in [4.78, 5) is 36.2. The van der Waals surface area contributed by atoms with Gasteiger partial charge < -0.3 is 32.9 Å². The summed E-state index contributed by atoms with van der Waals surface area (Å²) in [6, 6.07) is -2.54. The summed E-state index contributed by atoms with van der Waals surface area (Å²) < 4.78 is 0. The molecule has 0 bridgehead atoms. The number of carbonyl (C=O) groups excluding carboxylic acids is 2. The maximum atomic E-state index is 12.5. The largest absolute Gasteiger partial charge is 0.480 e. The van der Waals surface area contributed by atoms with Gasteiger partial charge in [0.25, 0.3) is 0 Å². The van der Waals surface area contributed by atoms with Crippen molar-refractivity contribution in [3.05, 3.63) is 0 Å². The molecule has 3 unspecified atom stereocenters. The molecule has 0 aromatic heterocycles. The van der Waals surface area contributed by atoms with E-state index in [2.05, 4.69) is 10.6 Å². The minimum atomic E-state index is -1.10. The fraction of sp³-hybridized carbons (Fsp3) is 0.824. The molecule has 0 spiro atoms. The Morgan fingerprint density at radius 3 is 1.96 bits per heavy atom. The molecule has 9 nitrogen and oxygen atoms in total. The molecule has 0 rings (SSSR count). The van der Waals surface area contributed by atoms with Crippen LogP contribution in [0.25, 0.3) is 0 Å². The first-order valence-corrected chi connectivity index (χ1v) is 10.7. The zero-order valence-electron chi connectivity index (χ0n) is 16.1. The fourth-order valence-electron chi connectivity index (χ4n) is 2.45. The number of carbonyl (C=O) groups is 3. The molecule has 0 aliphatic carbocycles. The standard InChI is InChI=1S/C17H35N5O4S/c1-27-11-8-13(21-15(23)12(20)6-2-4-9-18)16(24)22-14(17(25)26)7-3-5-10-19/h12-14H,2-11,18-20H2,1H3,(H,21,23)(H,22,24)(H,25,26). The Morgan fingerprint density at radius 1 is 0.889 bits per heavy atom. The Bertz CT molecular complexity index is 453. The van der Waals surface area contributed by atoms with Crippen LogP contribution in [0.3, 0.4) is 0 Å². The van der Waals surface area contributed by atoms with E-state index in [0.29, 0.717) is 50.9 Å². The number of nitrogens with one attached hydrogen (secondary N) is 2. The van der Waals surface area contributed by atoms with E-state index in [1.54, 1.807) is 0 Å². The molecule has 0 aliphatic heterocycles. The SMILES string of the molecule is CSCCC(NC(=O)C(N)CCCCN)C(=O)NC(CCCCN)C(=O)O. The number of thioether (sulfide) groups is 1. The van der Waals surface area contributed by atoms with E-state index in [9.17, 15) is 19.5 Å². The number of nitrogens with two attached hydrogens (primary N) is 3. The summed E-state index contributed by atoms with van der Waals surface area (Å²) in [6.07, 6.45) is 5.85. The average molecular weight is 406 g/mol. The van der Waals surface area contributed by atoms with Gasteiger partial charge in [0.2, 0.25) is 11.8 Å². The van der Waals surface area contributed by atoms with Gasteiger partial charge in [0, 0.05) is 0 Å². The van der Waals surface area contributed by atoms with Crippen molar-refractivity contribution in [2.75, 3.05) is 25.1 Å². The molecule has 0 radical (unpaired) electrons. The van der Waals surface area contributed by atoms with Crippen molar-refractivity contribution in [3.8, 4) is 0 Å². The molecule has 158 valence electrons. The van der Waals surface area contributed by atoms with Gasteiger partial charge in [-0.05, 0) is 63.6 Å². The lowest BCUT2D eigenvalue weighted by Gasteiger charge is -2.23. The predicted octanol–water partition coefficient (Wildman–Crippen LogP) is -0.621. The first-order valence-electron chi connectivity index (χ1n) is 9.35. The summed E-state index contributed by atoms with van der Waals surface area (Å²) >= 11 is 1.54. The number of carboxylic acid groups (broad SMARTS) is 1. The van der Waals surface area contributed by atoms with Gasteiger partial charge >= 0.3 is 5.97 Å². The third-order valence-corrected chi connectivity index (χ3v) is 4.76. The first kappa shape index (κ1) is 25.6. The third kappa shape index (κ3) is 11.9. The number of rotatable bonds is 16. The molecule has 2 amide bonds. The van der Waals surface area contributed by atoms with Crippen LogP contribution in [0.4, 0.5) is 0 Å². The van der Waals surface area contributed by atoms with E-state index in [1.807, 2.05) is 6.26 Å². The molecule has 0 aliphatic rings. The van der Waals surface area contributed by atoms with E-state index >= 15 is 0 Å². The molecule has 0 heterocycles. The second-order valence-corrected chi connectivity index (χ2v) is 7.40. The van der Waals surface area contributed by atoms with Gasteiger partial charge in [0.05, 0.1) is 6.04 Å². The highest BCUT2D eigenvalue weighted by molar-refractivity contribution is 7.98. The number of carboxylic acids is 1. The summed E-state index contributed by atoms with van der Waals surface area (Å²) in [5.41, 5.74) is 16.7. The maximum absolute atomic E-state index is 12.5. The van der Waals surface area contributed by atoms with Crippen LogP contribution in [0.15, 0.2) is 0 Å². The third-order valence-electron chi connectivity index (χ3n) is 4.11. The lowest BCUT2D eigenvalue weighted by Crippen LogP contribution is -2.54. The molecule has 3 atom stereocenters. The van der Waals surface area contributed by atoms with Gasteiger partial charge in [-0.2, -0.15) is 11.8 Å². The molecule has 0 aromatic rings. The van der Waals surface area contributed by atoms with Crippen LogP contribution in [0.5, 0.6) is 0 Å². The van der Waals surface area contributed by atoms with Crippen LogP contribution >= 0.6 is 11.8 Å². The van der Waals surface area contributed by atoms with Crippen molar-refractivity contribution >= 4 is 29.5 Å². The van der Waals surface area contributed by atoms with Crippen LogP contribution in [0.1, 0.15) is 44.9 Å². The van der Waals surface area contributed by atoms with Crippen molar-refractivity contribution in [1.82, 2.24) is 10.6 Å². The Hall–Kier alpha value is -1.36. The average Bonchev–Trinajstić information content (AvgIpc) is 2.63. The zero-order chi connectivity index (χ0) is 20.7. The molecule has 27 heavy (non-hydrogen) atoms. The normalized spacial score (nSPS) is 14.2. The smallest absolute Gasteiger partial charge is 0.326 e. The Kier molecular flexibility index (Phi) is 14.9. The maximum Gasteiger partial charge on any atom is 0.326 e. The van der Waals surface area contributed by atoms with Crippen LogP contribution < -0.4 is 27.8 Å². The van der Waals surface area contributed by atoms with Gasteiger partial charge in [-0.15, -0.1) is 0 Å². The van der Waals surface area contributed by atoms with Gasteiger partial charge in [-0.25, -0.2) is 4.79 Å². The topological polar surface area (TPSA) is 174 Å². The molecule has 0 saturated carbocycles. The highest BCUT2D eigenvalue weighted by Gasteiger charge is 2.27. The number of unbranched alkanes of at least 4 members (excludes halogenated alkanes) is 2. The second-order valence-electron chi connectivity index (χ2n) is 6.42. The van der Waals surface area contributed by atoms with Crippen molar-refractivity contribution in [3.63, 3.8) is 0 Å². The van der Waals surface area contributed by atoms with Crippen LogP contribution in [0, 0.1) is 0 Å². The minimum Gasteiger partial charge on any atom is -0.480 e. The van der Waals surface area contributed by atoms with Crippen LogP contribution in [0.2, 0.25) is 0 Å². The Balaban J connectivity index is 4.80. The van der Waals surface area contributed by atoms with Crippen molar-refractivity contribution in [2.24, 2.45) is 17.2 Å². The van der Waals surface area contributed by atoms with Gasteiger partial charge in [-0.3, -0.25) is 9.59 Å². The molecular weight excluding hydrogens is 370 g/mol. The lowest BCUT2D eigenvalue weighted by molar-refractivity contribution is -0.142. The number of hydrogen-bond acceptors (Lipinski definition) is 7. The summed E-state index contributed by atoms with van der Waals surface area (Å²) in [5.74, 6) is -1.38. The van der Waals surface area contributed by atoms with Gasteiger partial charge in [-0.1, -0.05) is 6.42 Å². The summed E-state index contributed by atoms with van der Waals surface area (Å²) in [5, 5.41) is 14.5. The molecule has 0 aromatic carbocycles. The lowest BCUT2D eigenvalue weighted by atomic mass is 10.1. The summed E-state index contributed by atoms with van der Waals surface area (Å²) in [7, 11) is 0. The predicted molar refractivity (Wildman–Crippen MR) is 108 cm³/mol. The monoisotopic (exact) mass is 405 g/mol. The van der Waals surface area contributed by atoms with Gasteiger partial charge in [0.15, 0.2) is 0 Å². The fourth-order valence-corrected chi connectivity index (χ4v) is 2.92. The first-order chi connectivity index (χ1) is 12.9. The van der Waals surface area contributed by atoms with E-state index in [4.69, 9.17) is 17.2 Å². The number of aliphatic carboxylic acids is 1. The molecular formula is C17H35N5O4S. The second kappa shape index (κ2) is 15.7. The van der Waals surface area contributed by atoms with E-state index in [-0.39, 0.29) is 0 Å². The zero-order valence-corrected chi connectivity index (χ0v) is 16.9. The van der Waals surface area contributed by atoms with Crippen molar-refractivity contribution in [1.29, 1.82) is 0 Å². The van der Waals surface area contributed by atoms with E-state index < -0.39 is 35.9 Å². The molecule has 0 saturated heterocycles. The van der Waals surface area contributed by atoms with Crippen molar-refractivity contribution < 1.29 is 19.5 Å². The quantitative estimate of drug-likeness (QED) is 0.184. The van der Waals surface area contributed by atoms with Crippen LogP contribution in [-0.2, 0) is 14.4 Å². The number of amides is 2. The van der Waals surface area contributed by atoms with E-state index in [0.717, 1.165) is 12.8 Å². The van der Waals surface area contributed by atoms with Crippen molar-refractivity contribution in [2.45, 2.75) is 63.1 Å².